The Balaban J connectivity index is 1.99. The second kappa shape index (κ2) is 9.49. The Morgan fingerprint density at radius 3 is 2.16 bits per heavy atom. The van der Waals surface area contributed by atoms with Gasteiger partial charge in [-0.05, 0) is 44.2 Å². The van der Waals surface area contributed by atoms with Crippen molar-refractivity contribution in [3.05, 3.63) is 81.3 Å². The number of ether oxygens (including phenoxy) is 2. The van der Waals surface area contributed by atoms with Gasteiger partial charge in [0.1, 0.15) is 18.2 Å². The highest BCUT2D eigenvalue weighted by atomic mass is 19.4. The molecule has 37 heavy (non-hydrogen) atoms. The predicted octanol–water partition coefficient (Wildman–Crippen LogP) is 4.38. The summed E-state index contributed by atoms with van der Waals surface area (Å²) < 4.78 is 107. The normalized spacial score (nSPS) is 18.9. The Kier molecular flexibility index (Phi) is 6.84. The number of rotatable bonds is 5. The topological polar surface area (TPSA) is 61.5 Å². The Labute approximate surface area is 205 Å². The predicted molar refractivity (Wildman–Crippen MR) is 116 cm³/mol. The van der Waals surface area contributed by atoms with Gasteiger partial charge in [-0.2, -0.15) is 40.8 Å². The van der Waals surface area contributed by atoms with Gasteiger partial charge in [0.05, 0.1) is 30.0 Å². The number of nitrogens with zero attached hydrogens (tertiary/aromatic N) is 4. The van der Waals surface area contributed by atoms with Crippen LogP contribution in [0.25, 0.3) is 5.69 Å². The molecule has 0 spiro atoms. The summed E-state index contributed by atoms with van der Waals surface area (Å²) in [5.74, 6) is -0.581. The summed E-state index contributed by atoms with van der Waals surface area (Å²) in [5.41, 5.74) is -6.14. The van der Waals surface area contributed by atoms with E-state index in [4.69, 9.17) is 9.47 Å². The van der Waals surface area contributed by atoms with E-state index in [2.05, 4.69) is 4.98 Å². The quantitative estimate of drug-likeness (QED) is 0.455. The fourth-order valence-corrected chi connectivity index (χ4v) is 4.26. The Hall–Kier alpha value is -3.39. The molecule has 1 fully saturated rings. The van der Waals surface area contributed by atoms with Gasteiger partial charge in [-0.1, -0.05) is 12.1 Å². The van der Waals surface area contributed by atoms with Crippen LogP contribution in [0.4, 0.5) is 30.7 Å². The summed E-state index contributed by atoms with van der Waals surface area (Å²) in [7, 11) is 0. The van der Waals surface area contributed by atoms with Crippen LogP contribution in [0.15, 0.2) is 47.3 Å². The van der Waals surface area contributed by atoms with Crippen LogP contribution in [0.5, 0.6) is 0 Å². The van der Waals surface area contributed by atoms with E-state index in [1.54, 1.807) is 6.92 Å². The standard InChI is InChI=1S/C23H21F7N4O3/c1-3-37-21(15-4-6-18(24)7-5-15)13-36-9-8-32(21)34-14(2)31-20(35)33(34)19-11-16(22(25,26)27)10-17(12-19)23(28,29)30/h4-7,10-12H,3,8-9,13H2,1-2H3. The number of hydrogen-bond donors (Lipinski definition) is 0. The van der Waals surface area contributed by atoms with Crippen molar-refractivity contribution in [1.82, 2.24) is 14.5 Å². The molecule has 1 saturated heterocycles. The van der Waals surface area contributed by atoms with Crippen molar-refractivity contribution in [1.29, 1.82) is 0 Å². The molecule has 0 saturated carbocycles. The summed E-state index contributed by atoms with van der Waals surface area (Å²) in [6, 6.07) is 6.00. The van der Waals surface area contributed by atoms with E-state index in [0.29, 0.717) is 22.4 Å². The summed E-state index contributed by atoms with van der Waals surface area (Å²) in [4.78, 5) is 17.8. The molecule has 3 aromatic rings. The van der Waals surface area contributed by atoms with Crippen molar-refractivity contribution in [2.24, 2.45) is 0 Å². The SMILES string of the molecule is CCOC1(c2ccc(F)cc2)COCCN1n1c(C)nc(=O)n1-c1cc(C(F)(F)F)cc(C(F)(F)F)c1. The molecule has 4 rings (SSSR count). The van der Waals surface area contributed by atoms with Crippen molar-refractivity contribution in [2.75, 3.05) is 31.4 Å². The summed E-state index contributed by atoms with van der Waals surface area (Å²) in [6.07, 6.45) is -10.2. The lowest BCUT2D eigenvalue weighted by Gasteiger charge is -2.48. The van der Waals surface area contributed by atoms with Crippen molar-refractivity contribution >= 4 is 0 Å². The second-order valence-corrected chi connectivity index (χ2v) is 8.21. The smallest absolute Gasteiger partial charge is 0.374 e. The van der Waals surface area contributed by atoms with E-state index in [0.717, 1.165) is 4.79 Å². The summed E-state index contributed by atoms with van der Waals surface area (Å²) >= 11 is 0. The number of alkyl halides is 6. The highest BCUT2D eigenvalue weighted by Gasteiger charge is 2.45. The summed E-state index contributed by atoms with van der Waals surface area (Å²) in [6.45, 7) is 3.06. The van der Waals surface area contributed by atoms with Gasteiger partial charge in [0.2, 0.25) is 5.72 Å². The van der Waals surface area contributed by atoms with Crippen LogP contribution in [0.3, 0.4) is 0 Å². The van der Waals surface area contributed by atoms with Crippen LogP contribution >= 0.6 is 0 Å². The maximum atomic E-state index is 13.7. The van der Waals surface area contributed by atoms with Crippen LogP contribution in [-0.4, -0.2) is 40.8 Å². The molecule has 2 aromatic carbocycles. The Morgan fingerprint density at radius 2 is 1.62 bits per heavy atom. The third-order valence-corrected chi connectivity index (χ3v) is 5.80. The van der Waals surface area contributed by atoms with Crippen molar-refractivity contribution in [3.8, 4) is 5.69 Å². The number of aromatic nitrogens is 3. The van der Waals surface area contributed by atoms with Gasteiger partial charge in [-0.15, -0.1) is 0 Å². The lowest BCUT2D eigenvalue weighted by atomic mass is 10.0. The molecule has 0 radical (unpaired) electrons. The number of benzene rings is 2. The molecular weight excluding hydrogens is 513 g/mol. The van der Waals surface area contributed by atoms with Crippen LogP contribution in [-0.2, 0) is 27.6 Å². The minimum atomic E-state index is -5.12. The minimum Gasteiger partial charge on any atom is -0.374 e. The molecule has 1 atom stereocenters. The zero-order chi connectivity index (χ0) is 27.2. The highest BCUT2D eigenvalue weighted by Crippen LogP contribution is 2.38. The van der Waals surface area contributed by atoms with Gasteiger partial charge in [0.25, 0.3) is 0 Å². The fourth-order valence-electron chi connectivity index (χ4n) is 4.26. The average Bonchev–Trinajstić information content (AvgIpc) is 3.11. The number of morpholine rings is 1. The zero-order valence-corrected chi connectivity index (χ0v) is 19.5. The lowest BCUT2D eigenvalue weighted by molar-refractivity contribution is -0.143. The molecule has 14 heteroatoms. The molecule has 0 aliphatic carbocycles. The molecule has 1 unspecified atom stereocenters. The zero-order valence-electron chi connectivity index (χ0n) is 19.5. The fraction of sp³-hybridized carbons (Fsp3) is 0.391. The molecule has 0 amide bonds. The lowest BCUT2D eigenvalue weighted by Crippen LogP contribution is -2.63. The maximum Gasteiger partial charge on any atom is 0.416 e. The van der Waals surface area contributed by atoms with Crippen LogP contribution in [0.2, 0.25) is 0 Å². The number of aryl methyl sites for hydroxylation is 1. The van der Waals surface area contributed by atoms with Crippen LogP contribution in [0, 0.1) is 12.7 Å². The van der Waals surface area contributed by atoms with E-state index in [1.165, 1.54) is 36.2 Å². The van der Waals surface area contributed by atoms with Gasteiger partial charge >= 0.3 is 18.0 Å². The molecule has 0 bridgehead atoms. The Bertz CT molecular complexity index is 1300. The molecule has 7 nitrogen and oxygen atoms in total. The average molecular weight is 534 g/mol. The highest BCUT2D eigenvalue weighted by molar-refractivity contribution is 5.42. The second-order valence-electron chi connectivity index (χ2n) is 8.21. The molecular formula is C23H21F7N4O3. The molecule has 0 N–H and O–H groups in total. The van der Waals surface area contributed by atoms with Crippen molar-refractivity contribution in [3.63, 3.8) is 0 Å². The van der Waals surface area contributed by atoms with Gasteiger partial charge in [-0.3, -0.25) is 5.01 Å². The first kappa shape index (κ1) is 26.7. The van der Waals surface area contributed by atoms with E-state index >= 15 is 0 Å². The molecule has 2 heterocycles. The number of hydrogen-bond acceptors (Lipinski definition) is 5. The van der Waals surface area contributed by atoms with E-state index in [1.807, 2.05) is 0 Å². The monoisotopic (exact) mass is 534 g/mol. The molecule has 200 valence electrons. The first-order valence-corrected chi connectivity index (χ1v) is 11.0. The third-order valence-electron chi connectivity index (χ3n) is 5.80. The summed E-state index contributed by atoms with van der Waals surface area (Å²) in [5, 5.41) is 1.42. The largest absolute Gasteiger partial charge is 0.416 e. The molecule has 1 aliphatic rings. The third kappa shape index (κ3) is 4.94. The van der Waals surface area contributed by atoms with Gasteiger partial charge in [0.15, 0.2) is 0 Å². The van der Waals surface area contributed by atoms with Crippen molar-refractivity contribution in [2.45, 2.75) is 31.9 Å². The van der Waals surface area contributed by atoms with Gasteiger partial charge < -0.3 is 9.47 Å². The van der Waals surface area contributed by atoms with Gasteiger partial charge in [-0.25, -0.2) is 9.18 Å². The van der Waals surface area contributed by atoms with E-state index < -0.39 is 46.4 Å². The Morgan fingerprint density at radius 1 is 1.03 bits per heavy atom. The first-order chi connectivity index (χ1) is 17.3. The molecule has 1 aromatic heterocycles. The van der Waals surface area contributed by atoms with Gasteiger partial charge in [0, 0.05) is 12.2 Å². The van der Waals surface area contributed by atoms with Crippen molar-refractivity contribution < 1.29 is 40.2 Å². The maximum absolute atomic E-state index is 13.7. The first-order valence-electron chi connectivity index (χ1n) is 11.0. The van der Waals surface area contributed by atoms with E-state index in [-0.39, 0.29) is 38.3 Å². The number of halogens is 7. The van der Waals surface area contributed by atoms with E-state index in [9.17, 15) is 35.5 Å². The van der Waals surface area contributed by atoms with Crippen LogP contribution in [0.1, 0.15) is 29.4 Å². The molecule has 1 aliphatic heterocycles. The van der Waals surface area contributed by atoms with Crippen LogP contribution < -0.4 is 10.7 Å². The minimum absolute atomic E-state index is 0.000887.